The summed E-state index contributed by atoms with van der Waals surface area (Å²) in [4.78, 5) is 14.5. The SMILES string of the molecule is [B]C(CCCN([B])C)N(C(=O)S)C1CC1. The number of carbonyl (C=O) groups is 1. The van der Waals surface area contributed by atoms with Gasteiger partial charge in [0.05, 0.1) is 7.85 Å². The van der Waals surface area contributed by atoms with Crippen LogP contribution in [0.1, 0.15) is 25.7 Å². The van der Waals surface area contributed by atoms with Gasteiger partial charge in [-0.25, -0.2) is 0 Å². The van der Waals surface area contributed by atoms with E-state index in [0.717, 1.165) is 32.2 Å². The second-order valence-corrected chi connectivity index (χ2v) is 4.49. The highest BCUT2D eigenvalue weighted by Gasteiger charge is 2.33. The lowest BCUT2D eigenvalue weighted by atomic mass is 9.90. The summed E-state index contributed by atoms with van der Waals surface area (Å²) in [5, 5.41) is -0.217. The highest BCUT2D eigenvalue weighted by atomic mass is 32.1. The second-order valence-electron chi connectivity index (χ2n) is 4.11. The average molecular weight is 222 g/mol. The molecule has 1 rings (SSSR count). The molecule has 0 heterocycles. The van der Waals surface area contributed by atoms with Crippen molar-refractivity contribution < 1.29 is 4.79 Å². The van der Waals surface area contributed by atoms with E-state index >= 15 is 0 Å². The minimum atomic E-state index is -0.220. The van der Waals surface area contributed by atoms with Gasteiger partial charge in [-0.05, 0) is 45.2 Å². The Morgan fingerprint density at radius 1 is 1.60 bits per heavy atom. The standard InChI is InChI=1S/C9H16B2N2OS/c1-12(11)6-2-3-8(10)13(9(14)15)7-4-5-7/h7-8H,2-6H2,1H3,(H,14,15). The topological polar surface area (TPSA) is 23.6 Å². The Morgan fingerprint density at radius 3 is 2.60 bits per heavy atom. The third-order valence-electron chi connectivity index (χ3n) is 2.53. The maximum absolute atomic E-state index is 11.2. The Hall–Kier alpha value is -0.0901. The fourth-order valence-electron chi connectivity index (χ4n) is 1.61. The molecule has 1 unspecified atom stereocenters. The van der Waals surface area contributed by atoms with Crippen LogP contribution >= 0.6 is 12.6 Å². The molecule has 0 aromatic carbocycles. The molecule has 0 aromatic heterocycles. The molecule has 1 aliphatic rings. The van der Waals surface area contributed by atoms with Crippen molar-refractivity contribution in [2.45, 2.75) is 37.7 Å². The van der Waals surface area contributed by atoms with Crippen molar-refractivity contribution >= 4 is 33.7 Å². The molecule has 3 nitrogen and oxygen atoms in total. The molecule has 0 N–H and O–H groups in total. The van der Waals surface area contributed by atoms with Crippen LogP contribution in [0, 0.1) is 0 Å². The third kappa shape index (κ3) is 4.51. The fourth-order valence-corrected chi connectivity index (χ4v) is 1.92. The first-order chi connectivity index (χ1) is 7.02. The van der Waals surface area contributed by atoms with Crippen molar-refractivity contribution in [3.05, 3.63) is 0 Å². The average Bonchev–Trinajstić information content (AvgIpc) is 2.87. The Bertz CT molecular complexity index is 224. The molecule has 1 atom stereocenters. The first kappa shape index (κ1) is 13.0. The number of hydrogen-bond donors (Lipinski definition) is 1. The van der Waals surface area contributed by atoms with E-state index in [1.54, 1.807) is 9.71 Å². The Morgan fingerprint density at radius 2 is 2.20 bits per heavy atom. The van der Waals surface area contributed by atoms with Gasteiger partial charge in [0.15, 0.2) is 7.98 Å². The maximum atomic E-state index is 11.2. The number of rotatable bonds is 6. The van der Waals surface area contributed by atoms with Crippen molar-refractivity contribution in [3.8, 4) is 0 Å². The van der Waals surface area contributed by atoms with E-state index in [1.807, 2.05) is 7.05 Å². The van der Waals surface area contributed by atoms with Crippen molar-refractivity contribution in [2.24, 2.45) is 0 Å². The molecule has 0 spiro atoms. The molecule has 1 amide bonds. The van der Waals surface area contributed by atoms with Crippen molar-refractivity contribution in [2.75, 3.05) is 13.6 Å². The van der Waals surface area contributed by atoms with Crippen LogP contribution in [0.25, 0.3) is 0 Å². The summed E-state index contributed by atoms with van der Waals surface area (Å²) in [7, 11) is 13.2. The highest BCUT2D eigenvalue weighted by Crippen LogP contribution is 2.30. The lowest BCUT2D eigenvalue weighted by molar-refractivity contribution is 0.211. The molecule has 1 saturated carbocycles. The molecule has 15 heavy (non-hydrogen) atoms. The van der Waals surface area contributed by atoms with E-state index in [9.17, 15) is 4.79 Å². The quantitative estimate of drug-likeness (QED) is 0.530. The van der Waals surface area contributed by atoms with Crippen LogP contribution in [-0.4, -0.2) is 56.4 Å². The number of amides is 1. The minimum Gasteiger partial charge on any atom is -0.356 e. The predicted molar refractivity (Wildman–Crippen MR) is 66.4 cm³/mol. The zero-order valence-electron chi connectivity index (χ0n) is 9.09. The second kappa shape index (κ2) is 5.85. The summed E-state index contributed by atoms with van der Waals surface area (Å²) in [5.74, 6) is -0.220. The van der Waals surface area contributed by atoms with Gasteiger partial charge >= 0.3 is 0 Å². The molecule has 0 saturated heterocycles. The zero-order chi connectivity index (χ0) is 11.4. The van der Waals surface area contributed by atoms with Crippen LogP contribution in [0.3, 0.4) is 0 Å². The molecule has 6 heteroatoms. The number of nitrogens with zero attached hydrogens (tertiary/aromatic N) is 2. The zero-order valence-corrected chi connectivity index (χ0v) is 9.99. The van der Waals surface area contributed by atoms with Crippen LogP contribution in [-0.2, 0) is 0 Å². The molecule has 4 radical (unpaired) electrons. The summed E-state index contributed by atoms with van der Waals surface area (Å²) in [6, 6.07) is 0.320. The van der Waals surface area contributed by atoms with Gasteiger partial charge in [0.25, 0.3) is 5.24 Å². The molecule has 80 valence electrons. The van der Waals surface area contributed by atoms with Crippen molar-refractivity contribution in [1.29, 1.82) is 0 Å². The van der Waals surface area contributed by atoms with E-state index in [1.165, 1.54) is 0 Å². The molecule has 0 aromatic rings. The van der Waals surface area contributed by atoms with E-state index in [0.29, 0.717) is 6.04 Å². The third-order valence-corrected chi connectivity index (χ3v) is 2.76. The Kier molecular flexibility index (Phi) is 5.06. The Balaban J connectivity index is 2.29. The summed E-state index contributed by atoms with van der Waals surface area (Å²) in [6.07, 6.45) is 3.76. The molecular formula is C9H16B2N2OS. The number of hydrogen-bond acceptors (Lipinski definition) is 2. The molecule has 0 aliphatic heterocycles. The Labute approximate surface area is 99.8 Å². The van der Waals surface area contributed by atoms with E-state index in [2.05, 4.69) is 12.6 Å². The summed E-state index contributed by atoms with van der Waals surface area (Å²) in [5.41, 5.74) is 0. The van der Waals surface area contributed by atoms with Crippen molar-refractivity contribution in [1.82, 2.24) is 9.71 Å². The summed E-state index contributed by atoms with van der Waals surface area (Å²) in [6.45, 7) is 0.785. The smallest absolute Gasteiger partial charge is 0.278 e. The van der Waals surface area contributed by atoms with Crippen LogP contribution in [0.5, 0.6) is 0 Å². The van der Waals surface area contributed by atoms with Crippen molar-refractivity contribution in [3.63, 3.8) is 0 Å². The largest absolute Gasteiger partial charge is 0.356 e. The van der Waals surface area contributed by atoms with Crippen LogP contribution in [0.4, 0.5) is 4.79 Å². The predicted octanol–water partition coefficient (Wildman–Crippen LogP) is 0.791. The van der Waals surface area contributed by atoms with Gasteiger partial charge in [0.1, 0.15) is 0 Å². The number of carbonyl (C=O) groups excluding carboxylic acids is 1. The molecule has 1 fully saturated rings. The lowest BCUT2D eigenvalue weighted by Gasteiger charge is -2.28. The molecular weight excluding hydrogens is 206 g/mol. The molecule has 1 aliphatic carbocycles. The van der Waals surface area contributed by atoms with Crippen LogP contribution < -0.4 is 0 Å². The lowest BCUT2D eigenvalue weighted by Crippen LogP contribution is -2.39. The summed E-state index contributed by atoms with van der Waals surface area (Å²) >= 11 is 3.85. The van der Waals surface area contributed by atoms with Gasteiger partial charge in [-0.3, -0.25) is 4.79 Å². The van der Waals surface area contributed by atoms with E-state index in [4.69, 9.17) is 15.8 Å². The van der Waals surface area contributed by atoms with E-state index < -0.39 is 0 Å². The van der Waals surface area contributed by atoms with Crippen LogP contribution in [0.15, 0.2) is 0 Å². The minimum absolute atomic E-state index is 0.217. The monoisotopic (exact) mass is 222 g/mol. The first-order valence-electron chi connectivity index (χ1n) is 5.25. The van der Waals surface area contributed by atoms with Gasteiger partial charge in [0.2, 0.25) is 0 Å². The first-order valence-corrected chi connectivity index (χ1v) is 5.69. The van der Waals surface area contributed by atoms with Gasteiger partial charge in [-0.15, -0.1) is 0 Å². The summed E-state index contributed by atoms with van der Waals surface area (Å²) < 4.78 is 0. The maximum Gasteiger partial charge on any atom is 0.278 e. The normalized spacial score (nSPS) is 17.8. The van der Waals surface area contributed by atoms with Gasteiger partial charge in [-0.2, -0.15) is 0 Å². The number of thiol groups is 1. The van der Waals surface area contributed by atoms with E-state index in [-0.39, 0.29) is 11.2 Å². The van der Waals surface area contributed by atoms with Gasteiger partial charge < -0.3 is 9.71 Å². The van der Waals surface area contributed by atoms with Gasteiger partial charge in [-0.1, -0.05) is 12.6 Å². The molecule has 0 bridgehead atoms. The fraction of sp³-hybridized carbons (Fsp3) is 0.889. The van der Waals surface area contributed by atoms with Gasteiger partial charge in [0, 0.05) is 6.04 Å². The highest BCUT2D eigenvalue weighted by molar-refractivity contribution is 7.96. The van der Waals surface area contributed by atoms with Crippen LogP contribution in [0.2, 0.25) is 0 Å².